The Labute approximate surface area is 126 Å². The Bertz CT molecular complexity index is 625. The second kappa shape index (κ2) is 5.64. The largest absolute Gasteiger partial charge is 0.326 e. The van der Waals surface area contributed by atoms with Crippen molar-refractivity contribution in [3.05, 3.63) is 35.2 Å². The summed E-state index contributed by atoms with van der Waals surface area (Å²) in [6.07, 6.45) is 9.67. The molecular weight excluding hydrogens is 262 g/mol. The number of hydrogen-bond donors (Lipinski definition) is 1. The van der Waals surface area contributed by atoms with Crippen LogP contribution in [0, 0.1) is 6.92 Å². The number of nitrogens with zero attached hydrogens (tertiary/aromatic N) is 4. The molecule has 5 nitrogen and oxygen atoms in total. The summed E-state index contributed by atoms with van der Waals surface area (Å²) in [5, 5.41) is 4.33. The Morgan fingerprint density at radius 2 is 2.10 bits per heavy atom. The lowest BCUT2D eigenvalue weighted by atomic mass is 9.97. The van der Waals surface area contributed by atoms with Crippen LogP contribution in [0.2, 0.25) is 0 Å². The molecule has 2 unspecified atom stereocenters. The number of rotatable bonds is 4. The van der Waals surface area contributed by atoms with E-state index in [9.17, 15) is 0 Å². The van der Waals surface area contributed by atoms with E-state index in [0.29, 0.717) is 0 Å². The van der Waals surface area contributed by atoms with Crippen molar-refractivity contribution in [2.75, 3.05) is 0 Å². The van der Waals surface area contributed by atoms with Gasteiger partial charge < -0.3 is 10.3 Å². The number of nitrogens with two attached hydrogens (primary N) is 1. The Morgan fingerprint density at radius 1 is 1.33 bits per heavy atom. The van der Waals surface area contributed by atoms with Crippen LogP contribution in [-0.2, 0) is 19.9 Å². The first-order chi connectivity index (χ1) is 10.1. The zero-order valence-corrected chi connectivity index (χ0v) is 13.2. The van der Waals surface area contributed by atoms with Gasteiger partial charge in [-0.25, -0.2) is 4.98 Å². The Kier molecular flexibility index (Phi) is 3.85. The van der Waals surface area contributed by atoms with Gasteiger partial charge in [0.1, 0.15) is 5.82 Å². The topological polar surface area (TPSA) is 61.7 Å². The molecule has 2 heterocycles. The summed E-state index contributed by atoms with van der Waals surface area (Å²) in [7, 11) is 1.95. The minimum atomic E-state index is 0.0770. The minimum Gasteiger partial charge on any atom is -0.326 e. The lowest BCUT2D eigenvalue weighted by Gasteiger charge is -2.27. The molecule has 0 saturated heterocycles. The molecule has 2 atom stereocenters. The van der Waals surface area contributed by atoms with E-state index in [1.807, 2.05) is 17.9 Å². The Hall–Kier alpha value is -1.62. The summed E-state index contributed by atoms with van der Waals surface area (Å²) < 4.78 is 4.23. The predicted octanol–water partition coefficient (Wildman–Crippen LogP) is 2.13. The Morgan fingerprint density at radius 3 is 2.76 bits per heavy atom. The third-order valence-electron chi connectivity index (χ3n) is 4.57. The third kappa shape index (κ3) is 2.50. The maximum Gasteiger partial charge on any atom is 0.106 e. The second-order valence-electron chi connectivity index (χ2n) is 6.09. The van der Waals surface area contributed by atoms with Crippen molar-refractivity contribution in [1.29, 1.82) is 0 Å². The first-order valence-electron chi connectivity index (χ1n) is 7.92. The van der Waals surface area contributed by atoms with E-state index >= 15 is 0 Å². The van der Waals surface area contributed by atoms with Crippen LogP contribution in [0.1, 0.15) is 55.0 Å². The predicted molar refractivity (Wildman–Crippen MR) is 83.2 cm³/mol. The molecule has 2 N–H and O–H groups in total. The molecule has 1 aliphatic carbocycles. The highest BCUT2D eigenvalue weighted by Crippen LogP contribution is 2.30. The molecule has 2 aromatic heterocycles. The first-order valence-corrected chi connectivity index (χ1v) is 7.92. The highest BCUT2D eigenvalue weighted by Gasteiger charge is 2.28. The van der Waals surface area contributed by atoms with Crippen molar-refractivity contribution in [3.8, 4) is 0 Å². The molecule has 114 valence electrons. The van der Waals surface area contributed by atoms with Gasteiger partial charge in [-0.2, -0.15) is 5.10 Å². The highest BCUT2D eigenvalue weighted by molar-refractivity contribution is 5.26. The Balaban J connectivity index is 2.10. The van der Waals surface area contributed by atoms with Gasteiger partial charge >= 0.3 is 0 Å². The molecule has 0 fully saturated rings. The van der Waals surface area contributed by atoms with E-state index in [2.05, 4.69) is 29.7 Å². The fraction of sp³-hybridized carbons (Fsp3) is 0.625. The SMILES string of the molecule is CCC(N)C(c1cnn(C)c1)n1c(C)nc2c1CCCC2. The van der Waals surface area contributed by atoms with Crippen LogP contribution < -0.4 is 5.73 Å². The lowest BCUT2D eigenvalue weighted by Crippen LogP contribution is -2.34. The van der Waals surface area contributed by atoms with Crippen LogP contribution in [0.4, 0.5) is 0 Å². The molecule has 0 amide bonds. The molecular formula is C16H25N5. The van der Waals surface area contributed by atoms with Gasteiger partial charge in [0.05, 0.1) is 17.9 Å². The lowest BCUT2D eigenvalue weighted by molar-refractivity contribution is 0.435. The molecule has 2 aromatic rings. The third-order valence-corrected chi connectivity index (χ3v) is 4.57. The minimum absolute atomic E-state index is 0.0770. The van der Waals surface area contributed by atoms with Crippen molar-refractivity contribution >= 4 is 0 Å². The number of aromatic nitrogens is 4. The number of hydrogen-bond acceptors (Lipinski definition) is 3. The molecule has 0 bridgehead atoms. The maximum atomic E-state index is 6.47. The smallest absolute Gasteiger partial charge is 0.106 e. The summed E-state index contributed by atoms with van der Waals surface area (Å²) in [5.74, 6) is 1.08. The fourth-order valence-electron chi connectivity index (χ4n) is 3.47. The average molecular weight is 287 g/mol. The molecule has 0 radical (unpaired) electrons. The number of fused-ring (bicyclic) bond motifs is 1. The van der Waals surface area contributed by atoms with Gasteiger partial charge in [-0.3, -0.25) is 4.68 Å². The van der Waals surface area contributed by atoms with Gasteiger partial charge in [-0.1, -0.05) is 6.92 Å². The van der Waals surface area contributed by atoms with Crippen LogP contribution in [0.3, 0.4) is 0 Å². The fourth-order valence-corrected chi connectivity index (χ4v) is 3.47. The zero-order valence-electron chi connectivity index (χ0n) is 13.2. The van der Waals surface area contributed by atoms with Crippen molar-refractivity contribution in [2.45, 2.75) is 58.0 Å². The molecule has 1 aliphatic rings. The maximum absolute atomic E-state index is 6.47. The van der Waals surface area contributed by atoms with Crippen LogP contribution in [0.25, 0.3) is 0 Å². The number of aryl methyl sites for hydroxylation is 3. The van der Waals surface area contributed by atoms with Gasteiger partial charge in [0.25, 0.3) is 0 Å². The van der Waals surface area contributed by atoms with Gasteiger partial charge in [0.2, 0.25) is 0 Å². The van der Waals surface area contributed by atoms with Crippen LogP contribution in [0.15, 0.2) is 12.4 Å². The van der Waals surface area contributed by atoms with Crippen molar-refractivity contribution in [2.24, 2.45) is 12.8 Å². The molecule has 5 heteroatoms. The molecule has 0 aliphatic heterocycles. The van der Waals surface area contributed by atoms with E-state index < -0.39 is 0 Å². The van der Waals surface area contributed by atoms with Crippen LogP contribution in [0.5, 0.6) is 0 Å². The van der Waals surface area contributed by atoms with E-state index in [4.69, 9.17) is 10.7 Å². The van der Waals surface area contributed by atoms with Crippen molar-refractivity contribution in [3.63, 3.8) is 0 Å². The van der Waals surface area contributed by atoms with Gasteiger partial charge in [0, 0.05) is 30.5 Å². The van der Waals surface area contributed by atoms with E-state index in [1.54, 1.807) is 0 Å². The van der Waals surface area contributed by atoms with Gasteiger partial charge in [0.15, 0.2) is 0 Å². The van der Waals surface area contributed by atoms with Crippen molar-refractivity contribution in [1.82, 2.24) is 19.3 Å². The normalized spacial score (nSPS) is 17.5. The number of imidazole rings is 1. The summed E-state index contributed by atoms with van der Waals surface area (Å²) in [5.41, 5.74) is 10.3. The monoisotopic (exact) mass is 287 g/mol. The first kappa shape index (κ1) is 14.3. The van der Waals surface area contributed by atoms with E-state index in [1.165, 1.54) is 29.8 Å². The summed E-state index contributed by atoms with van der Waals surface area (Å²) >= 11 is 0. The van der Waals surface area contributed by atoms with Gasteiger partial charge in [-0.05, 0) is 39.0 Å². The van der Waals surface area contributed by atoms with Gasteiger partial charge in [-0.15, -0.1) is 0 Å². The molecule has 0 aromatic carbocycles. The summed E-state index contributed by atoms with van der Waals surface area (Å²) in [4.78, 5) is 4.80. The highest BCUT2D eigenvalue weighted by atomic mass is 15.2. The van der Waals surface area contributed by atoms with E-state index in [0.717, 1.165) is 25.1 Å². The van der Waals surface area contributed by atoms with Crippen LogP contribution in [-0.4, -0.2) is 25.4 Å². The summed E-state index contributed by atoms with van der Waals surface area (Å²) in [6.45, 7) is 4.25. The van der Waals surface area contributed by atoms with E-state index in [-0.39, 0.29) is 12.1 Å². The molecule has 21 heavy (non-hydrogen) atoms. The second-order valence-corrected chi connectivity index (χ2v) is 6.09. The van der Waals surface area contributed by atoms with Crippen molar-refractivity contribution < 1.29 is 0 Å². The molecule has 0 spiro atoms. The standard InChI is InChI=1S/C16H25N5/c1-4-13(17)16(12-9-18-20(3)10-12)21-11(2)19-14-7-5-6-8-15(14)21/h9-10,13,16H,4-8,17H2,1-3H3. The zero-order chi connectivity index (χ0) is 15.0. The van der Waals surface area contributed by atoms with Crippen LogP contribution >= 0.6 is 0 Å². The molecule has 0 saturated carbocycles. The quantitative estimate of drug-likeness (QED) is 0.937. The summed E-state index contributed by atoms with van der Waals surface area (Å²) in [6, 6.07) is 0.214. The molecule has 3 rings (SSSR count). The average Bonchev–Trinajstić information content (AvgIpc) is 3.04.